The lowest BCUT2D eigenvalue weighted by atomic mass is 10.0. The van der Waals surface area contributed by atoms with Gasteiger partial charge in [-0.15, -0.1) is 0 Å². The van der Waals surface area contributed by atoms with E-state index in [2.05, 4.69) is 10.6 Å². The number of hydrogen-bond donors (Lipinski definition) is 2. The number of fused-ring (bicyclic) bond motifs is 1. The van der Waals surface area contributed by atoms with Gasteiger partial charge < -0.3 is 14.5 Å². The molecule has 7 nitrogen and oxygen atoms in total. The van der Waals surface area contributed by atoms with E-state index in [0.717, 1.165) is 10.9 Å². The number of hydrogen-bond acceptors (Lipinski definition) is 6. The van der Waals surface area contributed by atoms with Gasteiger partial charge >= 0.3 is 12.0 Å². The zero-order valence-corrected chi connectivity index (χ0v) is 18.9. The largest absolute Gasteiger partial charge is 0.450 e. The fraction of sp³-hybridized carbons (Fsp3) is 0.522. The third-order valence-corrected chi connectivity index (χ3v) is 6.56. The summed E-state index contributed by atoms with van der Waals surface area (Å²) >= 11 is 1.84. The molecule has 1 aliphatic carbocycles. The van der Waals surface area contributed by atoms with E-state index in [4.69, 9.17) is 9.15 Å². The molecule has 0 aliphatic heterocycles. The molecule has 0 radical (unpaired) electrons. The predicted octanol–water partition coefficient (Wildman–Crippen LogP) is 4.64. The van der Waals surface area contributed by atoms with Gasteiger partial charge in [0, 0.05) is 28.5 Å². The van der Waals surface area contributed by atoms with Crippen molar-refractivity contribution in [2.75, 3.05) is 13.2 Å². The Morgan fingerprint density at radius 1 is 1.16 bits per heavy atom. The fourth-order valence-electron chi connectivity index (χ4n) is 3.54. The van der Waals surface area contributed by atoms with Crippen molar-refractivity contribution in [3.8, 4) is 0 Å². The smallest absolute Gasteiger partial charge is 0.375 e. The normalized spacial score (nSPS) is 14.5. The number of esters is 1. The van der Waals surface area contributed by atoms with Crippen molar-refractivity contribution in [2.45, 2.75) is 57.0 Å². The highest BCUT2D eigenvalue weighted by atomic mass is 32.2. The molecule has 0 bridgehead atoms. The molecule has 1 aromatic heterocycles. The average molecular weight is 447 g/mol. The highest BCUT2D eigenvalue weighted by molar-refractivity contribution is 7.99. The van der Waals surface area contributed by atoms with Crippen LogP contribution >= 0.6 is 11.8 Å². The van der Waals surface area contributed by atoms with Gasteiger partial charge in [0.2, 0.25) is 5.76 Å². The summed E-state index contributed by atoms with van der Waals surface area (Å²) in [6, 6.07) is 6.89. The van der Waals surface area contributed by atoms with Gasteiger partial charge in [0.1, 0.15) is 5.58 Å². The second kappa shape index (κ2) is 11.2. The molecule has 2 N–H and O–H groups in total. The SMILES string of the molecule is CC(C)CNC(=O)NC(=O)COC(=O)c1oc2ccccc2c1CSC1CCCCC1. The zero-order valence-electron chi connectivity index (χ0n) is 18.1. The molecule has 1 saturated carbocycles. The lowest BCUT2D eigenvalue weighted by Crippen LogP contribution is -2.42. The van der Waals surface area contributed by atoms with E-state index in [9.17, 15) is 14.4 Å². The number of thioether (sulfide) groups is 1. The minimum atomic E-state index is -0.701. The first-order valence-electron chi connectivity index (χ1n) is 10.8. The summed E-state index contributed by atoms with van der Waals surface area (Å²) in [6.45, 7) is 3.78. The van der Waals surface area contributed by atoms with Crippen molar-refractivity contribution in [1.82, 2.24) is 10.6 Å². The van der Waals surface area contributed by atoms with Crippen molar-refractivity contribution in [3.05, 3.63) is 35.6 Å². The quantitative estimate of drug-likeness (QED) is 0.574. The Kier molecular flexibility index (Phi) is 8.40. The van der Waals surface area contributed by atoms with Crippen LogP contribution in [-0.2, 0) is 15.3 Å². The molecule has 0 unspecified atom stereocenters. The standard InChI is InChI=1S/C23H30N2O5S/c1-15(2)12-24-23(28)25-20(26)13-29-22(27)21-18(14-31-16-8-4-3-5-9-16)17-10-6-7-11-19(17)30-21/h6-7,10-11,15-16H,3-5,8-9,12-14H2,1-2H3,(H2,24,25,26,28). The number of rotatable bonds is 8. The number of carbonyl (C=O) groups is 3. The molecular formula is C23H30N2O5S. The summed E-state index contributed by atoms with van der Waals surface area (Å²) in [5, 5.41) is 6.19. The second-order valence-corrected chi connectivity index (χ2v) is 9.49. The van der Waals surface area contributed by atoms with Crippen LogP contribution in [0.15, 0.2) is 28.7 Å². The number of imide groups is 1. The van der Waals surface area contributed by atoms with Crippen LogP contribution in [0.4, 0.5) is 4.79 Å². The number of urea groups is 1. The number of nitrogens with one attached hydrogen (secondary N) is 2. The summed E-state index contributed by atoms with van der Waals surface area (Å²) in [7, 11) is 0. The van der Waals surface area contributed by atoms with E-state index in [0.29, 0.717) is 23.1 Å². The molecule has 31 heavy (non-hydrogen) atoms. The number of carbonyl (C=O) groups excluding carboxylic acids is 3. The summed E-state index contributed by atoms with van der Waals surface area (Å²) in [6.07, 6.45) is 6.18. The summed E-state index contributed by atoms with van der Waals surface area (Å²) in [4.78, 5) is 36.3. The lowest BCUT2D eigenvalue weighted by molar-refractivity contribution is -0.123. The van der Waals surface area contributed by atoms with E-state index in [1.165, 1.54) is 32.1 Å². The Hall–Kier alpha value is -2.48. The van der Waals surface area contributed by atoms with Gasteiger partial charge in [0.05, 0.1) is 0 Å². The minimum Gasteiger partial charge on any atom is -0.450 e. The van der Waals surface area contributed by atoms with Crippen LogP contribution in [0.1, 0.15) is 62.1 Å². The average Bonchev–Trinajstić information content (AvgIpc) is 3.14. The topological polar surface area (TPSA) is 97.6 Å². The third-order valence-electron chi connectivity index (χ3n) is 5.16. The molecule has 3 rings (SSSR count). The van der Waals surface area contributed by atoms with Crippen LogP contribution in [0, 0.1) is 5.92 Å². The number of ether oxygens (including phenoxy) is 1. The molecule has 0 spiro atoms. The maximum Gasteiger partial charge on any atom is 0.375 e. The highest BCUT2D eigenvalue weighted by Crippen LogP contribution is 2.35. The number of benzene rings is 1. The van der Waals surface area contributed by atoms with Crippen molar-refractivity contribution >= 4 is 40.6 Å². The molecule has 0 saturated heterocycles. The van der Waals surface area contributed by atoms with Gasteiger partial charge in [-0.1, -0.05) is 51.3 Å². The number of para-hydroxylation sites is 1. The summed E-state index contributed by atoms with van der Waals surface area (Å²) < 4.78 is 10.9. The fourth-order valence-corrected chi connectivity index (χ4v) is 4.90. The molecular weight excluding hydrogens is 416 g/mol. The van der Waals surface area contributed by atoms with E-state index in [-0.39, 0.29) is 11.7 Å². The first-order chi connectivity index (χ1) is 14.9. The third kappa shape index (κ3) is 6.75. The lowest BCUT2D eigenvalue weighted by Gasteiger charge is -2.20. The number of furan rings is 1. The molecule has 3 amide bonds. The molecule has 2 aromatic rings. The van der Waals surface area contributed by atoms with Gasteiger partial charge in [-0.25, -0.2) is 9.59 Å². The first kappa shape index (κ1) is 23.2. The molecule has 1 fully saturated rings. The Balaban J connectivity index is 1.61. The van der Waals surface area contributed by atoms with Crippen LogP contribution in [0.5, 0.6) is 0 Å². The zero-order chi connectivity index (χ0) is 22.2. The molecule has 168 valence electrons. The molecule has 1 aliphatic rings. The predicted molar refractivity (Wildman–Crippen MR) is 121 cm³/mol. The Morgan fingerprint density at radius 2 is 1.90 bits per heavy atom. The van der Waals surface area contributed by atoms with Crippen molar-refractivity contribution in [3.63, 3.8) is 0 Å². The maximum absolute atomic E-state index is 12.7. The second-order valence-electron chi connectivity index (χ2n) is 8.21. The van der Waals surface area contributed by atoms with E-state index in [1.54, 1.807) is 0 Å². The Morgan fingerprint density at radius 3 is 2.65 bits per heavy atom. The van der Waals surface area contributed by atoms with Crippen molar-refractivity contribution in [2.24, 2.45) is 5.92 Å². The number of amides is 3. The maximum atomic E-state index is 12.7. The van der Waals surface area contributed by atoms with Crippen molar-refractivity contribution in [1.29, 1.82) is 0 Å². The summed E-state index contributed by atoms with van der Waals surface area (Å²) in [5.74, 6) is -0.356. The van der Waals surface area contributed by atoms with Crippen LogP contribution in [0.25, 0.3) is 11.0 Å². The molecule has 1 aromatic carbocycles. The monoisotopic (exact) mass is 446 g/mol. The Labute approximate surface area is 186 Å². The van der Waals surface area contributed by atoms with Crippen LogP contribution in [0.3, 0.4) is 0 Å². The Bertz CT molecular complexity index is 918. The van der Waals surface area contributed by atoms with E-state index < -0.39 is 24.5 Å². The van der Waals surface area contributed by atoms with E-state index >= 15 is 0 Å². The van der Waals surface area contributed by atoms with E-state index in [1.807, 2.05) is 49.9 Å². The van der Waals surface area contributed by atoms with Crippen LogP contribution < -0.4 is 10.6 Å². The van der Waals surface area contributed by atoms with Gasteiger partial charge in [-0.2, -0.15) is 11.8 Å². The minimum absolute atomic E-state index is 0.126. The van der Waals surface area contributed by atoms with Gasteiger partial charge in [0.15, 0.2) is 6.61 Å². The summed E-state index contributed by atoms with van der Waals surface area (Å²) in [5.41, 5.74) is 1.41. The van der Waals surface area contributed by atoms with Crippen LogP contribution in [0.2, 0.25) is 0 Å². The van der Waals surface area contributed by atoms with Gasteiger partial charge in [-0.3, -0.25) is 10.1 Å². The first-order valence-corrected chi connectivity index (χ1v) is 11.9. The van der Waals surface area contributed by atoms with Crippen molar-refractivity contribution < 1.29 is 23.5 Å². The van der Waals surface area contributed by atoms with Gasteiger partial charge in [-0.05, 0) is 24.8 Å². The molecule has 1 heterocycles. The highest BCUT2D eigenvalue weighted by Gasteiger charge is 2.24. The molecule has 8 heteroatoms. The molecule has 0 atom stereocenters. The van der Waals surface area contributed by atoms with Gasteiger partial charge in [0.25, 0.3) is 5.91 Å². The van der Waals surface area contributed by atoms with Crippen LogP contribution in [-0.4, -0.2) is 36.3 Å².